The lowest BCUT2D eigenvalue weighted by Gasteiger charge is -2.27. The van der Waals surface area contributed by atoms with E-state index in [1.807, 2.05) is 31.2 Å². The van der Waals surface area contributed by atoms with Crippen LogP contribution in [0.3, 0.4) is 0 Å². The molecule has 0 radical (unpaired) electrons. The predicted molar refractivity (Wildman–Crippen MR) is 131 cm³/mol. The Morgan fingerprint density at radius 1 is 0.969 bits per heavy atom. The van der Waals surface area contributed by atoms with Crippen molar-refractivity contribution < 1.29 is 0 Å². The standard InChI is InChI=1S/C24H27N7S/c1-15-7-12-20-22(26-15)32-24(29-20)31-21-14-19(13-16-5-3-2-4-6-16)28-23(30-21)27-18-10-8-17(25)9-11-18/h2-7,12,14,17-18H,8-11,13,25H2,1H3,(H2,27,28,29,30,31)/t17-,18-. The molecule has 1 fully saturated rings. The molecule has 1 saturated carbocycles. The van der Waals surface area contributed by atoms with E-state index >= 15 is 0 Å². The Labute approximate surface area is 191 Å². The minimum atomic E-state index is 0.312. The fraction of sp³-hybridized carbons (Fsp3) is 0.333. The predicted octanol–water partition coefficient (Wildman–Crippen LogP) is 4.81. The molecular weight excluding hydrogens is 418 g/mol. The summed E-state index contributed by atoms with van der Waals surface area (Å²) in [5.74, 6) is 1.38. The van der Waals surface area contributed by atoms with E-state index < -0.39 is 0 Å². The van der Waals surface area contributed by atoms with Crippen LogP contribution in [0.2, 0.25) is 0 Å². The molecule has 0 unspecified atom stereocenters. The van der Waals surface area contributed by atoms with Crippen LogP contribution in [0.15, 0.2) is 48.5 Å². The van der Waals surface area contributed by atoms with E-state index in [1.165, 1.54) is 16.9 Å². The summed E-state index contributed by atoms with van der Waals surface area (Å²) >= 11 is 1.53. The summed E-state index contributed by atoms with van der Waals surface area (Å²) in [4.78, 5) is 19.7. The maximum atomic E-state index is 6.07. The molecule has 3 aromatic heterocycles. The van der Waals surface area contributed by atoms with Crippen molar-refractivity contribution in [2.75, 3.05) is 10.6 Å². The van der Waals surface area contributed by atoms with Gasteiger partial charge in [0.25, 0.3) is 0 Å². The number of hydrogen-bond acceptors (Lipinski definition) is 8. The van der Waals surface area contributed by atoms with E-state index in [0.29, 0.717) is 18.0 Å². The molecule has 4 aromatic rings. The summed E-state index contributed by atoms with van der Waals surface area (Å²) in [6.07, 6.45) is 4.89. The van der Waals surface area contributed by atoms with Crippen LogP contribution in [0.25, 0.3) is 10.3 Å². The average Bonchev–Trinajstić information content (AvgIpc) is 3.17. The highest BCUT2D eigenvalue weighted by Gasteiger charge is 2.19. The van der Waals surface area contributed by atoms with Crippen molar-refractivity contribution in [1.29, 1.82) is 0 Å². The second-order valence-electron chi connectivity index (χ2n) is 8.41. The average molecular weight is 446 g/mol. The second kappa shape index (κ2) is 9.18. The number of hydrogen-bond donors (Lipinski definition) is 3. The zero-order chi connectivity index (χ0) is 21.9. The van der Waals surface area contributed by atoms with Crippen molar-refractivity contribution in [3.05, 3.63) is 65.5 Å². The molecule has 0 spiro atoms. The highest BCUT2D eigenvalue weighted by Crippen LogP contribution is 2.28. The topological polar surface area (TPSA) is 102 Å². The highest BCUT2D eigenvalue weighted by atomic mass is 32.1. The van der Waals surface area contributed by atoms with E-state index in [1.54, 1.807) is 0 Å². The molecular formula is C24H27N7S. The molecule has 0 saturated heterocycles. The van der Waals surface area contributed by atoms with Gasteiger partial charge in [-0.3, -0.25) is 0 Å². The number of aromatic nitrogens is 4. The van der Waals surface area contributed by atoms with Crippen molar-refractivity contribution in [3.63, 3.8) is 0 Å². The van der Waals surface area contributed by atoms with Gasteiger partial charge in [0.2, 0.25) is 5.95 Å². The van der Waals surface area contributed by atoms with E-state index in [-0.39, 0.29) is 0 Å². The molecule has 32 heavy (non-hydrogen) atoms. The van der Waals surface area contributed by atoms with Crippen LogP contribution in [-0.4, -0.2) is 32.0 Å². The zero-order valence-corrected chi connectivity index (χ0v) is 18.9. The zero-order valence-electron chi connectivity index (χ0n) is 18.1. The Kier molecular flexibility index (Phi) is 5.96. The summed E-state index contributed by atoms with van der Waals surface area (Å²) in [5, 5.41) is 7.70. The Bertz CT molecular complexity index is 1200. The molecule has 164 valence electrons. The normalized spacial score (nSPS) is 18.6. The molecule has 1 aliphatic rings. The summed E-state index contributed by atoms with van der Waals surface area (Å²) in [6, 6.07) is 17.0. The molecule has 0 amide bonds. The van der Waals surface area contributed by atoms with E-state index in [0.717, 1.165) is 64.8 Å². The fourth-order valence-corrected chi connectivity index (χ4v) is 4.93. The number of anilines is 3. The van der Waals surface area contributed by atoms with Gasteiger partial charge >= 0.3 is 0 Å². The number of nitrogens with zero attached hydrogens (tertiary/aromatic N) is 4. The quantitative estimate of drug-likeness (QED) is 0.391. The van der Waals surface area contributed by atoms with Crippen molar-refractivity contribution in [2.24, 2.45) is 5.73 Å². The van der Waals surface area contributed by atoms with Crippen molar-refractivity contribution in [3.8, 4) is 0 Å². The number of fused-ring (bicyclic) bond motifs is 1. The van der Waals surface area contributed by atoms with Gasteiger partial charge in [-0.1, -0.05) is 41.7 Å². The lowest BCUT2D eigenvalue weighted by Crippen LogP contribution is -2.33. The van der Waals surface area contributed by atoms with Gasteiger partial charge in [0.15, 0.2) is 5.13 Å². The van der Waals surface area contributed by atoms with Crippen molar-refractivity contribution >= 4 is 38.6 Å². The first kappa shape index (κ1) is 20.8. The molecule has 8 heteroatoms. The van der Waals surface area contributed by atoms with Crippen LogP contribution >= 0.6 is 11.3 Å². The largest absolute Gasteiger partial charge is 0.351 e. The summed E-state index contributed by atoms with van der Waals surface area (Å²) in [7, 11) is 0. The SMILES string of the molecule is Cc1ccc2nc(Nc3cc(Cc4ccccc4)nc(N[C@H]4CC[C@H](N)CC4)n3)sc2n1. The second-order valence-corrected chi connectivity index (χ2v) is 9.38. The summed E-state index contributed by atoms with van der Waals surface area (Å²) < 4.78 is 0. The summed E-state index contributed by atoms with van der Waals surface area (Å²) in [5.41, 5.74) is 10.1. The van der Waals surface area contributed by atoms with Gasteiger partial charge in [-0.2, -0.15) is 4.98 Å². The molecule has 5 rings (SSSR count). The van der Waals surface area contributed by atoms with Gasteiger partial charge in [0.1, 0.15) is 16.2 Å². The summed E-state index contributed by atoms with van der Waals surface area (Å²) in [6.45, 7) is 1.99. The van der Waals surface area contributed by atoms with E-state index in [2.05, 4.69) is 44.9 Å². The first-order chi connectivity index (χ1) is 15.6. The minimum absolute atomic E-state index is 0.312. The van der Waals surface area contributed by atoms with Gasteiger partial charge in [-0.15, -0.1) is 0 Å². The van der Waals surface area contributed by atoms with Gasteiger partial charge in [0, 0.05) is 30.3 Å². The minimum Gasteiger partial charge on any atom is -0.351 e. The van der Waals surface area contributed by atoms with Gasteiger partial charge in [-0.05, 0) is 50.3 Å². The van der Waals surface area contributed by atoms with Crippen LogP contribution in [0.4, 0.5) is 16.9 Å². The Morgan fingerprint density at radius 3 is 2.59 bits per heavy atom. The Balaban J connectivity index is 1.42. The maximum Gasteiger partial charge on any atom is 0.225 e. The molecule has 7 nitrogen and oxygen atoms in total. The number of benzene rings is 1. The van der Waals surface area contributed by atoms with Crippen LogP contribution in [0.1, 0.15) is 42.6 Å². The lowest BCUT2D eigenvalue weighted by atomic mass is 9.92. The molecule has 0 bridgehead atoms. The molecule has 1 aliphatic carbocycles. The smallest absolute Gasteiger partial charge is 0.225 e. The van der Waals surface area contributed by atoms with Gasteiger partial charge in [0.05, 0.1) is 5.69 Å². The van der Waals surface area contributed by atoms with E-state index in [4.69, 9.17) is 15.7 Å². The third-order valence-electron chi connectivity index (χ3n) is 5.74. The third kappa shape index (κ3) is 5.03. The number of pyridine rings is 1. The third-order valence-corrected chi connectivity index (χ3v) is 6.62. The monoisotopic (exact) mass is 445 g/mol. The molecule has 1 aromatic carbocycles. The van der Waals surface area contributed by atoms with Gasteiger partial charge < -0.3 is 16.4 Å². The highest BCUT2D eigenvalue weighted by molar-refractivity contribution is 7.21. The molecule has 0 atom stereocenters. The number of rotatable bonds is 6. The first-order valence-corrected chi connectivity index (χ1v) is 11.9. The fourth-order valence-electron chi connectivity index (χ4n) is 4.04. The van der Waals surface area contributed by atoms with Crippen LogP contribution in [0.5, 0.6) is 0 Å². The molecule has 0 aliphatic heterocycles. The Morgan fingerprint density at radius 2 is 1.78 bits per heavy atom. The Hall–Kier alpha value is -3.10. The lowest BCUT2D eigenvalue weighted by molar-refractivity contribution is 0.410. The molecule has 4 N–H and O–H groups in total. The number of thiazole rings is 1. The van der Waals surface area contributed by atoms with Crippen LogP contribution < -0.4 is 16.4 Å². The number of aryl methyl sites for hydroxylation is 1. The molecule has 3 heterocycles. The van der Waals surface area contributed by atoms with E-state index in [9.17, 15) is 0 Å². The maximum absolute atomic E-state index is 6.07. The van der Waals surface area contributed by atoms with Crippen LogP contribution in [-0.2, 0) is 6.42 Å². The number of nitrogens with one attached hydrogen (secondary N) is 2. The number of nitrogens with two attached hydrogens (primary N) is 1. The van der Waals surface area contributed by atoms with Crippen molar-refractivity contribution in [2.45, 2.75) is 51.1 Å². The first-order valence-electron chi connectivity index (χ1n) is 11.1. The van der Waals surface area contributed by atoms with Gasteiger partial charge in [-0.25, -0.2) is 15.0 Å². The van der Waals surface area contributed by atoms with Crippen molar-refractivity contribution in [1.82, 2.24) is 19.9 Å². The van der Waals surface area contributed by atoms with Crippen LogP contribution in [0, 0.1) is 6.92 Å².